The van der Waals surface area contributed by atoms with Gasteiger partial charge in [-0.3, -0.25) is 14.3 Å². The number of amides is 1. The molecule has 0 saturated carbocycles. The predicted molar refractivity (Wildman–Crippen MR) is 104 cm³/mol. The Bertz CT molecular complexity index is 1280. The van der Waals surface area contributed by atoms with Crippen molar-refractivity contribution in [1.29, 1.82) is 0 Å². The number of carbonyl (C=O) groups excluding carboxylic acids is 1. The monoisotopic (exact) mass is 413 g/mol. The Morgan fingerprint density at radius 1 is 1.07 bits per heavy atom. The van der Waals surface area contributed by atoms with Crippen molar-refractivity contribution in [3.8, 4) is 11.1 Å². The Balaban J connectivity index is 1.68. The number of aromatic amines is 1. The first-order chi connectivity index (χ1) is 14.3. The average Bonchev–Trinajstić information content (AvgIpc) is 3.02. The SMILES string of the molecule is O=C(Cn1c(=O)[nH]c2ncc(-c3cccc(C(F)(F)F)c3)cc21)Nc1ccccn1. The van der Waals surface area contributed by atoms with Gasteiger partial charge < -0.3 is 5.32 Å². The Kier molecular flexibility index (Phi) is 4.82. The molecule has 4 aromatic rings. The number of imidazole rings is 1. The van der Waals surface area contributed by atoms with Gasteiger partial charge in [0.2, 0.25) is 5.91 Å². The molecule has 10 heteroatoms. The van der Waals surface area contributed by atoms with Crippen LogP contribution in [0.2, 0.25) is 0 Å². The molecule has 0 saturated heterocycles. The third kappa shape index (κ3) is 3.93. The molecule has 0 fully saturated rings. The highest BCUT2D eigenvalue weighted by molar-refractivity contribution is 5.90. The fourth-order valence-corrected chi connectivity index (χ4v) is 2.99. The molecule has 0 bridgehead atoms. The molecule has 0 aliphatic heterocycles. The Hall–Kier alpha value is -3.95. The van der Waals surface area contributed by atoms with E-state index in [1.54, 1.807) is 18.2 Å². The molecule has 0 aliphatic rings. The van der Waals surface area contributed by atoms with Crippen LogP contribution >= 0.6 is 0 Å². The van der Waals surface area contributed by atoms with Crippen molar-refractivity contribution in [2.24, 2.45) is 0 Å². The van der Waals surface area contributed by atoms with Gasteiger partial charge in [0, 0.05) is 18.0 Å². The second-order valence-electron chi connectivity index (χ2n) is 6.45. The number of fused-ring (bicyclic) bond motifs is 1. The van der Waals surface area contributed by atoms with Gasteiger partial charge >= 0.3 is 11.9 Å². The van der Waals surface area contributed by atoms with Gasteiger partial charge in [0.15, 0.2) is 5.65 Å². The molecular weight excluding hydrogens is 399 g/mol. The van der Waals surface area contributed by atoms with Gasteiger partial charge in [0.25, 0.3) is 0 Å². The molecular formula is C20H14F3N5O2. The second kappa shape index (κ2) is 7.47. The number of anilines is 1. The first-order valence-corrected chi connectivity index (χ1v) is 8.78. The van der Waals surface area contributed by atoms with Gasteiger partial charge in [0.05, 0.1) is 11.1 Å². The van der Waals surface area contributed by atoms with Crippen molar-refractivity contribution in [3.05, 3.63) is 77.0 Å². The second-order valence-corrected chi connectivity index (χ2v) is 6.45. The molecule has 3 heterocycles. The molecule has 7 nitrogen and oxygen atoms in total. The molecule has 152 valence electrons. The van der Waals surface area contributed by atoms with Crippen LogP contribution in [0.5, 0.6) is 0 Å². The third-order valence-electron chi connectivity index (χ3n) is 4.39. The van der Waals surface area contributed by atoms with Crippen molar-refractivity contribution in [1.82, 2.24) is 19.5 Å². The standard InChI is InChI=1S/C20H14F3N5O2/c21-20(22,23)14-5-3-4-12(8-14)13-9-15-18(25-10-13)27-19(30)28(15)11-17(29)26-16-6-1-2-7-24-16/h1-10H,11H2,(H,24,26,29)(H,25,27,30). The van der Waals surface area contributed by atoms with Crippen molar-refractivity contribution in [3.63, 3.8) is 0 Å². The first kappa shape index (κ1) is 19.4. The van der Waals surface area contributed by atoms with Crippen LogP contribution < -0.4 is 11.0 Å². The predicted octanol–water partition coefficient (Wildman–Crippen LogP) is 3.44. The minimum atomic E-state index is -4.48. The van der Waals surface area contributed by atoms with E-state index in [0.717, 1.165) is 16.7 Å². The van der Waals surface area contributed by atoms with E-state index >= 15 is 0 Å². The van der Waals surface area contributed by atoms with E-state index in [9.17, 15) is 22.8 Å². The molecule has 2 N–H and O–H groups in total. The van der Waals surface area contributed by atoms with Crippen molar-refractivity contribution < 1.29 is 18.0 Å². The van der Waals surface area contributed by atoms with Crippen LogP contribution in [0.25, 0.3) is 22.3 Å². The number of nitrogens with one attached hydrogen (secondary N) is 2. The molecule has 0 aliphatic carbocycles. The molecule has 0 spiro atoms. The Morgan fingerprint density at radius 2 is 1.90 bits per heavy atom. The van der Waals surface area contributed by atoms with Gasteiger partial charge in [-0.2, -0.15) is 13.2 Å². The molecule has 3 aromatic heterocycles. The summed E-state index contributed by atoms with van der Waals surface area (Å²) in [7, 11) is 0. The number of rotatable bonds is 4. The minimum Gasteiger partial charge on any atom is -0.309 e. The van der Waals surface area contributed by atoms with Gasteiger partial charge in [-0.05, 0) is 35.9 Å². The summed E-state index contributed by atoms with van der Waals surface area (Å²) in [6.45, 7) is -0.316. The summed E-state index contributed by atoms with van der Waals surface area (Å²) in [5, 5.41) is 2.57. The summed E-state index contributed by atoms with van der Waals surface area (Å²) >= 11 is 0. The lowest BCUT2D eigenvalue weighted by Gasteiger charge is -2.09. The number of H-pyrrole nitrogens is 1. The summed E-state index contributed by atoms with van der Waals surface area (Å²) in [6, 6.07) is 11.3. The fourth-order valence-electron chi connectivity index (χ4n) is 2.99. The maximum Gasteiger partial charge on any atom is 0.416 e. The van der Waals surface area contributed by atoms with Crippen LogP contribution in [0.1, 0.15) is 5.56 Å². The maximum atomic E-state index is 13.0. The number of aromatic nitrogens is 4. The van der Waals surface area contributed by atoms with E-state index < -0.39 is 23.3 Å². The lowest BCUT2D eigenvalue weighted by atomic mass is 10.0. The highest BCUT2D eigenvalue weighted by Gasteiger charge is 2.30. The molecule has 1 aromatic carbocycles. The number of hydrogen-bond acceptors (Lipinski definition) is 4. The topological polar surface area (TPSA) is 92.7 Å². The lowest BCUT2D eigenvalue weighted by Crippen LogP contribution is -2.26. The quantitative estimate of drug-likeness (QED) is 0.536. The molecule has 0 radical (unpaired) electrons. The van der Waals surface area contributed by atoms with E-state index in [4.69, 9.17) is 0 Å². The zero-order valence-electron chi connectivity index (χ0n) is 15.3. The smallest absolute Gasteiger partial charge is 0.309 e. The molecule has 4 rings (SSSR count). The fraction of sp³-hybridized carbons (Fsp3) is 0.100. The highest BCUT2D eigenvalue weighted by Crippen LogP contribution is 2.32. The van der Waals surface area contributed by atoms with E-state index in [0.29, 0.717) is 16.9 Å². The molecule has 30 heavy (non-hydrogen) atoms. The normalized spacial score (nSPS) is 11.6. The van der Waals surface area contributed by atoms with Crippen molar-refractivity contribution in [2.75, 3.05) is 5.32 Å². The van der Waals surface area contributed by atoms with Crippen molar-refractivity contribution in [2.45, 2.75) is 12.7 Å². The minimum absolute atomic E-state index is 0.223. The van der Waals surface area contributed by atoms with E-state index in [1.807, 2.05) is 0 Å². The first-order valence-electron chi connectivity index (χ1n) is 8.78. The molecule has 1 amide bonds. The average molecular weight is 413 g/mol. The highest BCUT2D eigenvalue weighted by atomic mass is 19.4. The Morgan fingerprint density at radius 3 is 2.63 bits per heavy atom. The number of alkyl halides is 3. The number of halogens is 3. The number of nitrogens with zero attached hydrogens (tertiary/aromatic N) is 3. The van der Waals surface area contributed by atoms with Crippen LogP contribution in [0.15, 0.2) is 65.7 Å². The van der Waals surface area contributed by atoms with Crippen molar-refractivity contribution >= 4 is 22.9 Å². The largest absolute Gasteiger partial charge is 0.416 e. The number of hydrogen-bond donors (Lipinski definition) is 2. The molecule has 0 atom stereocenters. The summed E-state index contributed by atoms with van der Waals surface area (Å²) in [4.78, 5) is 35.2. The number of benzene rings is 1. The van der Waals surface area contributed by atoms with Crippen LogP contribution in [-0.2, 0) is 17.5 Å². The lowest BCUT2D eigenvalue weighted by molar-refractivity contribution is -0.137. The van der Waals surface area contributed by atoms with Crippen LogP contribution in [0, 0.1) is 0 Å². The van der Waals surface area contributed by atoms with Crippen LogP contribution in [0.4, 0.5) is 19.0 Å². The zero-order chi connectivity index (χ0) is 21.3. The number of carbonyl (C=O) groups is 1. The number of pyridine rings is 2. The summed E-state index contributed by atoms with van der Waals surface area (Å²) < 4.78 is 40.2. The maximum absolute atomic E-state index is 13.0. The van der Waals surface area contributed by atoms with Crippen LogP contribution in [0.3, 0.4) is 0 Å². The molecule has 0 unspecified atom stereocenters. The zero-order valence-corrected chi connectivity index (χ0v) is 15.3. The summed E-state index contributed by atoms with van der Waals surface area (Å²) in [6.07, 6.45) is -1.60. The van der Waals surface area contributed by atoms with E-state index in [1.165, 1.54) is 30.6 Å². The third-order valence-corrected chi connectivity index (χ3v) is 4.39. The summed E-state index contributed by atoms with van der Waals surface area (Å²) in [5.41, 5.74) is -0.160. The van der Waals surface area contributed by atoms with Gasteiger partial charge in [-0.15, -0.1) is 0 Å². The van der Waals surface area contributed by atoms with Crippen LogP contribution in [-0.4, -0.2) is 25.4 Å². The van der Waals surface area contributed by atoms with Gasteiger partial charge in [-0.1, -0.05) is 18.2 Å². The van der Waals surface area contributed by atoms with E-state index in [2.05, 4.69) is 20.3 Å². The Labute approximate surface area is 167 Å². The van der Waals surface area contributed by atoms with Gasteiger partial charge in [0.1, 0.15) is 12.4 Å². The summed E-state index contributed by atoms with van der Waals surface area (Å²) in [5.74, 6) is -0.153. The van der Waals surface area contributed by atoms with E-state index in [-0.39, 0.29) is 17.8 Å². The van der Waals surface area contributed by atoms with Gasteiger partial charge in [-0.25, -0.2) is 14.8 Å².